The molecule has 0 amide bonds. The minimum absolute atomic E-state index is 0.161. The summed E-state index contributed by atoms with van der Waals surface area (Å²) >= 11 is 0. The third-order valence-electron chi connectivity index (χ3n) is 3.99. The molecule has 1 N–H and O–H groups in total. The normalized spacial score (nSPS) is 22.2. The first kappa shape index (κ1) is 16.2. The van der Waals surface area contributed by atoms with Gasteiger partial charge in [-0.05, 0) is 42.9 Å². The second kappa shape index (κ2) is 8.35. The zero-order valence-electron chi connectivity index (χ0n) is 13.0. The summed E-state index contributed by atoms with van der Waals surface area (Å²) in [6.07, 6.45) is 4.65. The highest BCUT2D eigenvalue weighted by molar-refractivity contribution is 5.29. The first-order valence-electron chi connectivity index (χ1n) is 7.83. The topological polar surface area (TPSA) is 30.5 Å². The maximum atomic E-state index is 14.1. The number of rotatable bonds is 7. The monoisotopic (exact) mass is 295 g/mol. The Hall–Kier alpha value is -1.13. The lowest BCUT2D eigenvalue weighted by Gasteiger charge is -2.27. The summed E-state index contributed by atoms with van der Waals surface area (Å²) in [5.74, 6) is 0.796. The van der Waals surface area contributed by atoms with E-state index in [1.54, 1.807) is 19.2 Å². The molecular formula is C17H26FNO2. The Bertz CT molecular complexity index is 439. The van der Waals surface area contributed by atoms with Gasteiger partial charge in [-0.3, -0.25) is 0 Å². The molecule has 0 bridgehead atoms. The summed E-state index contributed by atoms with van der Waals surface area (Å²) in [5, 5.41) is 3.20. The predicted octanol–water partition coefficient (Wildman–Crippen LogP) is 3.52. The standard InChI is InChI=1S/C17H26FNO2/c1-13-4-3-5-15(10-13)21-17-7-6-14(11-16(17)18)12-19-8-9-20-2/h6-7,11,13,15,19H,3-5,8-10,12H2,1-2H3. The molecular weight excluding hydrogens is 269 g/mol. The molecule has 3 nitrogen and oxygen atoms in total. The first-order chi connectivity index (χ1) is 10.2. The SMILES string of the molecule is COCCNCc1ccc(OC2CCCC(C)C2)c(F)c1. The average molecular weight is 295 g/mol. The quantitative estimate of drug-likeness (QED) is 0.781. The van der Waals surface area contributed by atoms with Crippen LogP contribution in [0.3, 0.4) is 0 Å². The molecule has 0 radical (unpaired) electrons. The number of methoxy groups -OCH3 is 1. The number of hydrogen-bond donors (Lipinski definition) is 1. The third kappa shape index (κ3) is 5.29. The van der Waals surface area contributed by atoms with Gasteiger partial charge in [0.15, 0.2) is 11.6 Å². The van der Waals surface area contributed by atoms with Crippen LogP contribution in [0.1, 0.15) is 38.2 Å². The van der Waals surface area contributed by atoms with E-state index in [0.29, 0.717) is 24.8 Å². The number of nitrogens with one attached hydrogen (secondary N) is 1. The number of ether oxygens (including phenoxy) is 2. The van der Waals surface area contributed by atoms with Gasteiger partial charge in [0.05, 0.1) is 12.7 Å². The fourth-order valence-corrected chi connectivity index (χ4v) is 2.82. The van der Waals surface area contributed by atoms with Crippen molar-refractivity contribution < 1.29 is 13.9 Å². The van der Waals surface area contributed by atoms with E-state index in [4.69, 9.17) is 9.47 Å². The Morgan fingerprint density at radius 2 is 2.19 bits per heavy atom. The number of hydrogen-bond acceptors (Lipinski definition) is 3. The molecule has 1 aliphatic carbocycles. The zero-order valence-corrected chi connectivity index (χ0v) is 13.0. The highest BCUT2D eigenvalue weighted by atomic mass is 19.1. The van der Waals surface area contributed by atoms with Crippen LogP contribution < -0.4 is 10.1 Å². The van der Waals surface area contributed by atoms with Crippen molar-refractivity contribution in [3.05, 3.63) is 29.6 Å². The van der Waals surface area contributed by atoms with Crippen molar-refractivity contribution in [2.45, 2.75) is 45.3 Å². The lowest BCUT2D eigenvalue weighted by atomic mass is 9.89. The molecule has 1 aromatic carbocycles. The van der Waals surface area contributed by atoms with E-state index < -0.39 is 0 Å². The molecule has 0 aliphatic heterocycles. The number of benzene rings is 1. The molecule has 2 atom stereocenters. The fraction of sp³-hybridized carbons (Fsp3) is 0.647. The van der Waals surface area contributed by atoms with Gasteiger partial charge >= 0.3 is 0 Å². The summed E-state index contributed by atoms with van der Waals surface area (Å²) in [6.45, 7) is 4.29. The molecule has 1 aliphatic rings. The molecule has 4 heteroatoms. The van der Waals surface area contributed by atoms with Crippen molar-refractivity contribution in [2.24, 2.45) is 5.92 Å². The third-order valence-corrected chi connectivity index (χ3v) is 3.99. The second-order valence-corrected chi connectivity index (χ2v) is 5.95. The highest BCUT2D eigenvalue weighted by Crippen LogP contribution is 2.28. The van der Waals surface area contributed by atoms with Gasteiger partial charge in [0.1, 0.15) is 0 Å². The molecule has 1 aromatic rings. The van der Waals surface area contributed by atoms with Crippen LogP contribution in [0.2, 0.25) is 0 Å². The predicted molar refractivity (Wildman–Crippen MR) is 82.0 cm³/mol. The van der Waals surface area contributed by atoms with Crippen LogP contribution in [0.5, 0.6) is 5.75 Å². The molecule has 2 rings (SSSR count). The van der Waals surface area contributed by atoms with Crippen molar-refractivity contribution in [3.8, 4) is 5.75 Å². The van der Waals surface area contributed by atoms with E-state index in [-0.39, 0.29) is 11.9 Å². The highest BCUT2D eigenvalue weighted by Gasteiger charge is 2.21. The van der Waals surface area contributed by atoms with Gasteiger partial charge in [-0.2, -0.15) is 0 Å². The Balaban J connectivity index is 1.86. The Kier molecular flexibility index (Phi) is 6.46. The number of halogens is 1. The Labute approximate surface area is 126 Å². The summed E-state index contributed by atoms with van der Waals surface area (Å²) in [7, 11) is 1.67. The minimum atomic E-state index is -0.265. The zero-order chi connectivity index (χ0) is 15.1. The maximum absolute atomic E-state index is 14.1. The van der Waals surface area contributed by atoms with E-state index in [2.05, 4.69) is 12.2 Å². The summed E-state index contributed by atoms with van der Waals surface area (Å²) in [6, 6.07) is 5.23. The van der Waals surface area contributed by atoms with E-state index in [0.717, 1.165) is 24.9 Å². The van der Waals surface area contributed by atoms with Gasteiger partial charge in [-0.15, -0.1) is 0 Å². The summed E-state index contributed by atoms with van der Waals surface area (Å²) < 4.78 is 24.9. The molecule has 0 heterocycles. The van der Waals surface area contributed by atoms with Crippen molar-refractivity contribution in [1.82, 2.24) is 5.32 Å². The van der Waals surface area contributed by atoms with Gasteiger partial charge in [-0.1, -0.05) is 19.4 Å². The Morgan fingerprint density at radius 3 is 2.90 bits per heavy atom. The first-order valence-corrected chi connectivity index (χ1v) is 7.83. The lowest BCUT2D eigenvalue weighted by Crippen LogP contribution is -2.24. The molecule has 0 spiro atoms. The molecule has 1 fully saturated rings. The molecule has 2 unspecified atom stereocenters. The Morgan fingerprint density at radius 1 is 1.33 bits per heavy atom. The minimum Gasteiger partial charge on any atom is -0.487 e. The summed E-state index contributed by atoms with van der Waals surface area (Å²) in [5.41, 5.74) is 0.924. The molecule has 118 valence electrons. The van der Waals surface area contributed by atoms with Crippen molar-refractivity contribution in [2.75, 3.05) is 20.3 Å². The van der Waals surface area contributed by atoms with Gasteiger partial charge in [-0.25, -0.2) is 4.39 Å². The lowest BCUT2D eigenvalue weighted by molar-refractivity contribution is 0.124. The smallest absolute Gasteiger partial charge is 0.165 e. The van der Waals surface area contributed by atoms with Crippen LogP contribution >= 0.6 is 0 Å². The fourth-order valence-electron chi connectivity index (χ4n) is 2.82. The van der Waals surface area contributed by atoms with Gasteiger partial charge < -0.3 is 14.8 Å². The second-order valence-electron chi connectivity index (χ2n) is 5.95. The van der Waals surface area contributed by atoms with Crippen molar-refractivity contribution in [3.63, 3.8) is 0 Å². The van der Waals surface area contributed by atoms with Crippen LogP contribution in [0.15, 0.2) is 18.2 Å². The molecule has 0 aromatic heterocycles. The molecule has 1 saturated carbocycles. The van der Waals surface area contributed by atoms with Gasteiger partial charge in [0.25, 0.3) is 0 Å². The molecule has 0 saturated heterocycles. The van der Waals surface area contributed by atoms with Gasteiger partial charge in [0.2, 0.25) is 0 Å². The van der Waals surface area contributed by atoms with Crippen molar-refractivity contribution in [1.29, 1.82) is 0 Å². The van der Waals surface area contributed by atoms with E-state index in [9.17, 15) is 4.39 Å². The van der Waals surface area contributed by atoms with Crippen molar-refractivity contribution >= 4 is 0 Å². The summed E-state index contributed by atoms with van der Waals surface area (Å²) in [4.78, 5) is 0. The largest absolute Gasteiger partial charge is 0.487 e. The van der Waals surface area contributed by atoms with E-state index in [1.807, 2.05) is 6.07 Å². The maximum Gasteiger partial charge on any atom is 0.165 e. The van der Waals surface area contributed by atoms with Gasteiger partial charge in [0, 0.05) is 20.2 Å². The average Bonchev–Trinajstić information content (AvgIpc) is 2.46. The van der Waals surface area contributed by atoms with E-state index in [1.165, 1.54) is 12.8 Å². The van der Waals surface area contributed by atoms with Crippen LogP contribution in [-0.4, -0.2) is 26.4 Å². The molecule has 21 heavy (non-hydrogen) atoms. The van der Waals surface area contributed by atoms with Crippen LogP contribution in [-0.2, 0) is 11.3 Å². The van der Waals surface area contributed by atoms with Crippen LogP contribution in [0.4, 0.5) is 4.39 Å². The van der Waals surface area contributed by atoms with Crippen LogP contribution in [0, 0.1) is 11.7 Å². The van der Waals surface area contributed by atoms with E-state index >= 15 is 0 Å². The van der Waals surface area contributed by atoms with Crippen LogP contribution in [0.25, 0.3) is 0 Å².